The molecule has 0 radical (unpaired) electrons. The third kappa shape index (κ3) is 3.62. The lowest BCUT2D eigenvalue weighted by atomic mass is 9.99. The molecule has 1 atom stereocenters. The molecule has 1 aromatic heterocycles. The summed E-state index contributed by atoms with van der Waals surface area (Å²) in [4.78, 5) is 2.50. The van der Waals surface area contributed by atoms with Crippen LogP contribution in [0.3, 0.4) is 0 Å². The van der Waals surface area contributed by atoms with Crippen LogP contribution in [0.2, 0.25) is 5.02 Å². The van der Waals surface area contributed by atoms with Crippen molar-refractivity contribution in [2.24, 2.45) is 0 Å². The number of nitrogens with zero attached hydrogens (tertiary/aromatic N) is 2. The SMILES string of the molecule is COc1cccc(C2c3cccn3CCCN2Cc2cccc(Cl)c2)c1OC. The van der Waals surface area contributed by atoms with Gasteiger partial charge in [0.1, 0.15) is 0 Å². The summed E-state index contributed by atoms with van der Waals surface area (Å²) in [6.07, 6.45) is 3.25. The molecular weight excluding hydrogens is 372 g/mol. The molecule has 1 aliphatic rings. The number of benzene rings is 2. The second-order valence-electron chi connectivity index (χ2n) is 7.07. The van der Waals surface area contributed by atoms with Crippen LogP contribution in [0, 0.1) is 0 Å². The number of para-hydroxylation sites is 1. The third-order valence-corrected chi connectivity index (χ3v) is 5.59. The summed E-state index contributed by atoms with van der Waals surface area (Å²) < 4.78 is 13.7. The third-order valence-electron chi connectivity index (χ3n) is 5.36. The summed E-state index contributed by atoms with van der Waals surface area (Å²) in [5.74, 6) is 1.55. The predicted molar refractivity (Wildman–Crippen MR) is 112 cm³/mol. The van der Waals surface area contributed by atoms with Gasteiger partial charge < -0.3 is 14.0 Å². The first kappa shape index (κ1) is 18.9. The Balaban J connectivity index is 1.81. The van der Waals surface area contributed by atoms with E-state index < -0.39 is 0 Å². The summed E-state index contributed by atoms with van der Waals surface area (Å²) in [5, 5.41) is 0.770. The Morgan fingerprint density at radius 2 is 1.86 bits per heavy atom. The van der Waals surface area contributed by atoms with Crippen molar-refractivity contribution in [2.45, 2.75) is 25.6 Å². The lowest BCUT2D eigenvalue weighted by Crippen LogP contribution is -2.29. The van der Waals surface area contributed by atoms with Crippen molar-refractivity contribution in [3.63, 3.8) is 0 Å². The van der Waals surface area contributed by atoms with E-state index in [1.54, 1.807) is 14.2 Å². The molecule has 0 saturated carbocycles. The molecule has 146 valence electrons. The smallest absolute Gasteiger partial charge is 0.165 e. The lowest BCUT2D eigenvalue weighted by Gasteiger charge is -2.32. The van der Waals surface area contributed by atoms with Crippen molar-refractivity contribution >= 4 is 11.6 Å². The fourth-order valence-corrected chi connectivity index (χ4v) is 4.38. The van der Waals surface area contributed by atoms with Crippen molar-refractivity contribution in [3.05, 3.63) is 82.6 Å². The van der Waals surface area contributed by atoms with Crippen LogP contribution >= 0.6 is 11.6 Å². The van der Waals surface area contributed by atoms with Gasteiger partial charge in [0.2, 0.25) is 0 Å². The second kappa shape index (κ2) is 8.29. The molecule has 0 N–H and O–H groups in total. The van der Waals surface area contributed by atoms with Crippen molar-refractivity contribution in [3.8, 4) is 11.5 Å². The maximum absolute atomic E-state index is 6.24. The summed E-state index contributed by atoms with van der Waals surface area (Å²) in [7, 11) is 3.39. The maximum Gasteiger partial charge on any atom is 0.165 e. The Bertz CT molecular complexity index is 953. The average molecular weight is 397 g/mol. The Labute approximate surface area is 171 Å². The standard InChI is InChI=1S/C23H25ClN2O2/c1-27-21-11-4-9-19(23(21)28-2)22-20-10-5-12-25(20)13-6-14-26(22)16-17-7-3-8-18(24)15-17/h3-5,7-12,15,22H,6,13-14,16H2,1-2H3. The first-order valence-electron chi connectivity index (χ1n) is 9.55. The van der Waals surface area contributed by atoms with E-state index in [1.807, 2.05) is 30.3 Å². The molecule has 1 aliphatic heterocycles. The number of hydrogen-bond donors (Lipinski definition) is 0. The van der Waals surface area contributed by atoms with Gasteiger partial charge in [-0.3, -0.25) is 4.90 Å². The molecule has 0 spiro atoms. The van der Waals surface area contributed by atoms with Gasteiger partial charge in [0.25, 0.3) is 0 Å². The minimum Gasteiger partial charge on any atom is -0.493 e. The zero-order valence-corrected chi connectivity index (χ0v) is 17.0. The van der Waals surface area contributed by atoms with Crippen LogP contribution in [0.5, 0.6) is 11.5 Å². The molecule has 28 heavy (non-hydrogen) atoms. The molecule has 0 bridgehead atoms. The zero-order chi connectivity index (χ0) is 19.5. The summed E-state index contributed by atoms with van der Waals surface area (Å²) in [6, 6.07) is 18.6. The van der Waals surface area contributed by atoms with E-state index in [1.165, 1.54) is 11.3 Å². The highest BCUT2D eigenvalue weighted by Crippen LogP contribution is 2.41. The van der Waals surface area contributed by atoms with Gasteiger partial charge in [0.05, 0.1) is 20.3 Å². The molecule has 0 fully saturated rings. The molecule has 0 aliphatic carbocycles. The number of hydrogen-bond acceptors (Lipinski definition) is 3. The number of halogens is 1. The van der Waals surface area contributed by atoms with Gasteiger partial charge in [0.15, 0.2) is 11.5 Å². The first-order valence-corrected chi connectivity index (χ1v) is 9.93. The van der Waals surface area contributed by atoms with Crippen LogP contribution < -0.4 is 9.47 Å². The quantitative estimate of drug-likeness (QED) is 0.596. The lowest BCUT2D eigenvalue weighted by molar-refractivity contribution is 0.215. The van der Waals surface area contributed by atoms with Gasteiger partial charge in [-0.2, -0.15) is 0 Å². The average Bonchev–Trinajstić information content (AvgIpc) is 3.09. The second-order valence-corrected chi connectivity index (χ2v) is 7.50. The van der Waals surface area contributed by atoms with Crippen LogP contribution in [-0.2, 0) is 13.1 Å². The molecule has 5 heteroatoms. The van der Waals surface area contributed by atoms with Gasteiger partial charge in [-0.15, -0.1) is 0 Å². The molecule has 2 aromatic carbocycles. The van der Waals surface area contributed by atoms with Crippen molar-refractivity contribution < 1.29 is 9.47 Å². The van der Waals surface area contributed by atoms with E-state index in [0.717, 1.165) is 48.1 Å². The van der Waals surface area contributed by atoms with E-state index >= 15 is 0 Å². The highest BCUT2D eigenvalue weighted by atomic mass is 35.5. The number of fused-ring (bicyclic) bond motifs is 1. The van der Waals surface area contributed by atoms with E-state index in [2.05, 4.69) is 39.9 Å². The minimum absolute atomic E-state index is 0.0709. The predicted octanol–water partition coefficient (Wildman–Crippen LogP) is 5.15. The van der Waals surface area contributed by atoms with Gasteiger partial charge in [-0.25, -0.2) is 0 Å². The number of aromatic nitrogens is 1. The van der Waals surface area contributed by atoms with Gasteiger partial charge in [-0.1, -0.05) is 35.9 Å². The minimum atomic E-state index is 0.0709. The topological polar surface area (TPSA) is 26.6 Å². The Hall–Kier alpha value is -2.43. The number of ether oxygens (including phenoxy) is 2. The van der Waals surface area contributed by atoms with Gasteiger partial charge in [0, 0.05) is 42.1 Å². The van der Waals surface area contributed by atoms with Crippen LogP contribution in [0.1, 0.15) is 29.3 Å². The van der Waals surface area contributed by atoms with Crippen molar-refractivity contribution in [1.29, 1.82) is 0 Å². The normalized spacial score (nSPS) is 17.0. The Morgan fingerprint density at radius 3 is 2.64 bits per heavy atom. The molecule has 4 rings (SSSR count). The Kier molecular flexibility index (Phi) is 5.60. The fraction of sp³-hybridized carbons (Fsp3) is 0.304. The van der Waals surface area contributed by atoms with Crippen molar-refractivity contribution in [1.82, 2.24) is 9.47 Å². The van der Waals surface area contributed by atoms with E-state index in [-0.39, 0.29) is 6.04 Å². The van der Waals surface area contributed by atoms with Crippen LogP contribution in [0.15, 0.2) is 60.8 Å². The largest absolute Gasteiger partial charge is 0.493 e. The highest BCUT2D eigenvalue weighted by Gasteiger charge is 2.30. The molecule has 3 aromatic rings. The zero-order valence-electron chi connectivity index (χ0n) is 16.3. The summed E-state index contributed by atoms with van der Waals surface area (Å²) in [5.41, 5.74) is 3.59. The van der Waals surface area contributed by atoms with Gasteiger partial charge >= 0.3 is 0 Å². The molecule has 4 nitrogen and oxygen atoms in total. The molecule has 0 saturated heterocycles. The number of methoxy groups -OCH3 is 2. The first-order chi connectivity index (χ1) is 13.7. The number of aryl methyl sites for hydroxylation is 1. The molecular formula is C23H25ClN2O2. The summed E-state index contributed by atoms with van der Waals surface area (Å²) >= 11 is 6.24. The van der Waals surface area contributed by atoms with Crippen LogP contribution in [0.4, 0.5) is 0 Å². The van der Waals surface area contributed by atoms with E-state index in [0.29, 0.717) is 0 Å². The van der Waals surface area contributed by atoms with Crippen LogP contribution in [-0.4, -0.2) is 30.2 Å². The number of rotatable bonds is 5. The molecule has 0 amide bonds. The van der Waals surface area contributed by atoms with E-state index in [9.17, 15) is 0 Å². The molecule has 1 unspecified atom stereocenters. The van der Waals surface area contributed by atoms with Crippen LogP contribution in [0.25, 0.3) is 0 Å². The summed E-state index contributed by atoms with van der Waals surface area (Å²) in [6.45, 7) is 2.81. The van der Waals surface area contributed by atoms with Gasteiger partial charge in [-0.05, 0) is 42.3 Å². The highest BCUT2D eigenvalue weighted by molar-refractivity contribution is 6.30. The fourth-order valence-electron chi connectivity index (χ4n) is 4.16. The maximum atomic E-state index is 6.24. The molecule has 2 heterocycles. The van der Waals surface area contributed by atoms with E-state index in [4.69, 9.17) is 21.1 Å². The van der Waals surface area contributed by atoms with Crippen molar-refractivity contribution in [2.75, 3.05) is 20.8 Å². The monoisotopic (exact) mass is 396 g/mol. The Morgan fingerprint density at radius 1 is 1.00 bits per heavy atom.